The van der Waals surface area contributed by atoms with Crippen molar-refractivity contribution in [1.82, 2.24) is 15.1 Å². The van der Waals surface area contributed by atoms with E-state index in [1.54, 1.807) is 0 Å². The van der Waals surface area contributed by atoms with Crippen LogP contribution in [0.4, 0.5) is 4.79 Å². The second-order valence-electron chi connectivity index (χ2n) is 11.3. The average Bonchev–Trinajstić information content (AvgIpc) is 3.06. The number of carbonyl (C=O) groups is 1. The number of amides is 1. The highest BCUT2D eigenvalue weighted by Gasteiger charge is 2.32. The third-order valence-corrected chi connectivity index (χ3v) is 8.11. The van der Waals surface area contributed by atoms with Gasteiger partial charge in [0.1, 0.15) is 6.10 Å². The summed E-state index contributed by atoms with van der Waals surface area (Å²) in [7, 11) is 0. The van der Waals surface area contributed by atoms with Gasteiger partial charge in [0.05, 0.1) is 6.10 Å². The van der Waals surface area contributed by atoms with E-state index in [0.717, 1.165) is 30.4 Å². The Hall–Kier alpha value is -3.97. The Morgan fingerprint density at radius 3 is 2.05 bits per heavy atom. The molecule has 6 nitrogen and oxygen atoms in total. The lowest BCUT2D eigenvalue weighted by Gasteiger charge is -2.39. The second-order valence-corrected chi connectivity index (χ2v) is 11.3. The van der Waals surface area contributed by atoms with Crippen molar-refractivity contribution < 1.29 is 14.6 Å². The minimum atomic E-state index is -0.618. The summed E-state index contributed by atoms with van der Waals surface area (Å²) in [4.78, 5) is 18.0. The molecule has 1 saturated heterocycles. The van der Waals surface area contributed by atoms with E-state index in [1.165, 1.54) is 11.1 Å². The van der Waals surface area contributed by atoms with E-state index in [0.29, 0.717) is 39.3 Å². The molecule has 3 unspecified atom stereocenters. The minimum Gasteiger partial charge on any atom is -0.440 e. The van der Waals surface area contributed by atoms with Gasteiger partial charge in [-0.1, -0.05) is 121 Å². The van der Waals surface area contributed by atoms with Crippen LogP contribution in [0.5, 0.6) is 0 Å². The maximum absolute atomic E-state index is 13.8. The average molecular weight is 578 g/mol. The second kappa shape index (κ2) is 16.0. The van der Waals surface area contributed by atoms with Crippen molar-refractivity contribution >= 4 is 6.09 Å². The Labute approximate surface area is 255 Å². The lowest BCUT2D eigenvalue weighted by Crippen LogP contribution is -2.50. The standard InChI is InChI=1S/C37H43N3O3/c41-35(32-19-9-3-10-20-32)29-39(27-31-17-7-2-8-18-31)28-34-23-13-14-24-40(34)37(42)43-36(33-21-11-4-12-22-33)26-38-25-30-15-5-1-6-16-30/h1-12,15-22,34-36,38,41H,13-14,23-29H2. The SMILES string of the molecule is O=C(OC(CNCc1ccccc1)c1ccccc1)N1CCCCC1CN(Cc1ccccc1)CC(O)c1ccccc1. The molecule has 0 aliphatic carbocycles. The molecular formula is C37H43N3O3. The van der Waals surface area contributed by atoms with E-state index in [2.05, 4.69) is 34.5 Å². The molecule has 0 spiro atoms. The van der Waals surface area contributed by atoms with Crippen LogP contribution in [-0.4, -0.2) is 53.2 Å². The maximum Gasteiger partial charge on any atom is 0.410 e. The molecule has 6 heteroatoms. The summed E-state index contributed by atoms with van der Waals surface area (Å²) in [6.45, 7) is 3.73. The van der Waals surface area contributed by atoms with Gasteiger partial charge in [0.2, 0.25) is 0 Å². The Kier molecular flexibility index (Phi) is 11.4. The number of hydrogen-bond acceptors (Lipinski definition) is 5. The van der Waals surface area contributed by atoms with Crippen molar-refractivity contribution in [1.29, 1.82) is 0 Å². The highest BCUT2D eigenvalue weighted by molar-refractivity contribution is 5.68. The molecule has 4 aromatic rings. The predicted molar refractivity (Wildman–Crippen MR) is 171 cm³/mol. The summed E-state index contributed by atoms with van der Waals surface area (Å²) in [6.07, 6.45) is 1.63. The molecule has 1 aliphatic rings. The first kappa shape index (κ1) is 30.5. The summed E-state index contributed by atoms with van der Waals surface area (Å²) < 4.78 is 6.25. The zero-order chi connectivity index (χ0) is 29.7. The summed E-state index contributed by atoms with van der Waals surface area (Å²) in [6, 6.07) is 40.4. The highest BCUT2D eigenvalue weighted by Crippen LogP contribution is 2.25. The van der Waals surface area contributed by atoms with Crippen LogP contribution >= 0.6 is 0 Å². The largest absolute Gasteiger partial charge is 0.440 e. The molecular weight excluding hydrogens is 534 g/mol. The van der Waals surface area contributed by atoms with Crippen LogP contribution in [0.1, 0.15) is 53.7 Å². The van der Waals surface area contributed by atoms with Crippen LogP contribution in [-0.2, 0) is 17.8 Å². The first-order valence-electron chi connectivity index (χ1n) is 15.4. The van der Waals surface area contributed by atoms with Crippen LogP contribution in [0.15, 0.2) is 121 Å². The number of ether oxygens (including phenoxy) is 1. The number of likely N-dealkylation sites (tertiary alicyclic amines) is 1. The molecule has 0 bridgehead atoms. The number of nitrogens with zero attached hydrogens (tertiary/aromatic N) is 2. The van der Waals surface area contributed by atoms with Crippen LogP contribution in [0.25, 0.3) is 0 Å². The van der Waals surface area contributed by atoms with Crippen molar-refractivity contribution in [2.75, 3.05) is 26.2 Å². The van der Waals surface area contributed by atoms with Gasteiger partial charge in [-0.05, 0) is 41.5 Å². The van der Waals surface area contributed by atoms with Crippen molar-refractivity contribution in [3.8, 4) is 0 Å². The van der Waals surface area contributed by atoms with Gasteiger partial charge in [-0.15, -0.1) is 0 Å². The van der Waals surface area contributed by atoms with Gasteiger partial charge in [-0.25, -0.2) is 4.79 Å². The van der Waals surface area contributed by atoms with Gasteiger partial charge in [-0.3, -0.25) is 4.90 Å². The van der Waals surface area contributed by atoms with E-state index < -0.39 is 12.2 Å². The van der Waals surface area contributed by atoms with E-state index >= 15 is 0 Å². The summed E-state index contributed by atoms with van der Waals surface area (Å²) >= 11 is 0. The van der Waals surface area contributed by atoms with E-state index in [1.807, 2.05) is 102 Å². The van der Waals surface area contributed by atoms with Crippen LogP contribution in [0, 0.1) is 0 Å². The predicted octanol–water partition coefficient (Wildman–Crippen LogP) is 6.74. The zero-order valence-electron chi connectivity index (χ0n) is 24.8. The minimum absolute atomic E-state index is 0.00152. The van der Waals surface area contributed by atoms with Crippen molar-refractivity contribution in [3.05, 3.63) is 144 Å². The van der Waals surface area contributed by atoms with Gasteiger partial charge in [0, 0.05) is 45.3 Å². The number of carbonyl (C=O) groups excluding carboxylic acids is 1. The van der Waals surface area contributed by atoms with Crippen molar-refractivity contribution in [2.24, 2.45) is 0 Å². The van der Waals surface area contributed by atoms with E-state index in [-0.39, 0.29) is 12.1 Å². The number of benzene rings is 4. The fourth-order valence-electron chi connectivity index (χ4n) is 5.83. The number of aliphatic hydroxyl groups is 1. The molecule has 1 heterocycles. The lowest BCUT2D eigenvalue weighted by atomic mass is 10.0. The van der Waals surface area contributed by atoms with Crippen LogP contribution in [0.2, 0.25) is 0 Å². The molecule has 43 heavy (non-hydrogen) atoms. The van der Waals surface area contributed by atoms with Crippen LogP contribution in [0.3, 0.4) is 0 Å². The van der Waals surface area contributed by atoms with E-state index in [9.17, 15) is 9.90 Å². The van der Waals surface area contributed by atoms with Crippen molar-refractivity contribution in [3.63, 3.8) is 0 Å². The molecule has 1 aliphatic heterocycles. The molecule has 3 atom stereocenters. The molecule has 0 radical (unpaired) electrons. The normalized spacial score (nSPS) is 16.5. The molecule has 224 valence electrons. The van der Waals surface area contributed by atoms with Gasteiger partial charge in [0.25, 0.3) is 0 Å². The number of piperidine rings is 1. The molecule has 0 aromatic heterocycles. The molecule has 2 N–H and O–H groups in total. The summed E-state index contributed by atoms with van der Waals surface area (Å²) in [5.74, 6) is 0. The third-order valence-electron chi connectivity index (χ3n) is 8.11. The quantitative estimate of drug-likeness (QED) is 0.184. The highest BCUT2D eigenvalue weighted by atomic mass is 16.6. The number of nitrogens with one attached hydrogen (secondary N) is 1. The van der Waals surface area contributed by atoms with E-state index in [4.69, 9.17) is 4.74 Å². The van der Waals surface area contributed by atoms with Gasteiger partial charge in [0.15, 0.2) is 0 Å². The molecule has 5 rings (SSSR count). The first-order valence-corrected chi connectivity index (χ1v) is 15.4. The number of rotatable bonds is 13. The summed E-state index contributed by atoms with van der Waals surface area (Å²) in [5, 5.41) is 14.6. The van der Waals surface area contributed by atoms with Gasteiger partial charge < -0.3 is 20.1 Å². The monoisotopic (exact) mass is 577 g/mol. The fourth-order valence-corrected chi connectivity index (χ4v) is 5.83. The molecule has 1 amide bonds. The molecule has 1 fully saturated rings. The Morgan fingerprint density at radius 2 is 1.40 bits per heavy atom. The number of hydrogen-bond donors (Lipinski definition) is 2. The summed E-state index contributed by atoms with van der Waals surface area (Å²) in [5.41, 5.74) is 4.24. The van der Waals surface area contributed by atoms with Gasteiger partial charge >= 0.3 is 6.09 Å². The lowest BCUT2D eigenvalue weighted by molar-refractivity contribution is 0.0266. The molecule has 0 saturated carbocycles. The maximum atomic E-state index is 13.8. The third kappa shape index (κ3) is 9.26. The number of aliphatic hydroxyl groups excluding tert-OH is 1. The zero-order valence-corrected chi connectivity index (χ0v) is 24.8. The topological polar surface area (TPSA) is 65.0 Å². The fraction of sp³-hybridized carbons (Fsp3) is 0.324. The first-order chi connectivity index (χ1) is 21.2. The van der Waals surface area contributed by atoms with Crippen molar-refractivity contribution in [2.45, 2.75) is 50.6 Å². The molecule has 4 aromatic carbocycles. The smallest absolute Gasteiger partial charge is 0.410 e. The van der Waals surface area contributed by atoms with Gasteiger partial charge in [-0.2, -0.15) is 0 Å². The van der Waals surface area contributed by atoms with Crippen LogP contribution < -0.4 is 5.32 Å². The Balaban J connectivity index is 1.28. The Bertz CT molecular complexity index is 1360. The Morgan fingerprint density at radius 1 is 0.814 bits per heavy atom.